The first-order chi connectivity index (χ1) is 10.5. The quantitative estimate of drug-likeness (QED) is 0.470. The lowest BCUT2D eigenvalue weighted by Gasteiger charge is -2.57. The molecule has 4 aliphatic rings. The van der Waals surface area contributed by atoms with Crippen molar-refractivity contribution < 1.29 is 9.59 Å². The first-order valence-corrected chi connectivity index (χ1v) is 10.4. The van der Waals surface area contributed by atoms with Crippen molar-refractivity contribution in [2.45, 2.75) is 58.3 Å². The minimum absolute atomic E-state index is 0.0284. The highest BCUT2D eigenvalue weighted by Gasteiger charge is 2.59. The van der Waals surface area contributed by atoms with Gasteiger partial charge in [0.2, 0.25) is 0 Å². The fourth-order valence-electron chi connectivity index (χ4n) is 6.38. The summed E-state index contributed by atoms with van der Waals surface area (Å²) in [5.41, 5.74) is 1.69. The normalized spacial score (nSPS) is 47.5. The number of alkyl halides is 1. The summed E-state index contributed by atoms with van der Waals surface area (Å²) in [4.78, 5) is 24.3. The molecular formula is C19H25IO2. The van der Waals surface area contributed by atoms with Crippen LogP contribution in [0.25, 0.3) is 0 Å². The number of rotatable bonds is 1. The van der Waals surface area contributed by atoms with Crippen LogP contribution in [-0.4, -0.2) is 16.0 Å². The van der Waals surface area contributed by atoms with Crippen LogP contribution in [0.1, 0.15) is 58.3 Å². The molecule has 0 radical (unpaired) electrons. The van der Waals surface area contributed by atoms with Crippen LogP contribution in [-0.2, 0) is 9.59 Å². The Morgan fingerprint density at radius 2 is 1.91 bits per heavy atom. The predicted molar refractivity (Wildman–Crippen MR) is 94.9 cm³/mol. The monoisotopic (exact) mass is 412 g/mol. The highest BCUT2D eigenvalue weighted by atomic mass is 127. The van der Waals surface area contributed by atoms with E-state index in [1.807, 2.05) is 6.08 Å². The molecule has 22 heavy (non-hydrogen) atoms. The van der Waals surface area contributed by atoms with Gasteiger partial charge >= 0.3 is 0 Å². The van der Waals surface area contributed by atoms with Gasteiger partial charge in [-0.2, -0.15) is 0 Å². The maximum absolute atomic E-state index is 12.4. The van der Waals surface area contributed by atoms with Gasteiger partial charge in [0.1, 0.15) is 5.78 Å². The zero-order chi connectivity index (χ0) is 15.5. The van der Waals surface area contributed by atoms with Crippen LogP contribution in [0.4, 0.5) is 0 Å². The minimum Gasteiger partial charge on any atom is -0.299 e. The fourth-order valence-corrected chi connectivity index (χ4v) is 7.82. The zero-order valence-electron chi connectivity index (χ0n) is 13.4. The summed E-state index contributed by atoms with van der Waals surface area (Å²) in [6.45, 7) is 2.25. The van der Waals surface area contributed by atoms with E-state index in [1.165, 1.54) is 18.4 Å². The van der Waals surface area contributed by atoms with E-state index in [4.69, 9.17) is 0 Å². The molecule has 4 aliphatic carbocycles. The third-order valence-electron chi connectivity index (χ3n) is 7.63. The molecule has 3 fully saturated rings. The predicted octanol–water partition coefficient (Wildman–Crippen LogP) is 4.50. The van der Waals surface area contributed by atoms with Gasteiger partial charge in [0.15, 0.2) is 5.78 Å². The van der Waals surface area contributed by atoms with E-state index < -0.39 is 0 Å². The first-order valence-electron chi connectivity index (χ1n) is 8.84. The number of Topliss-reactive ketones (excluding diaryl/α,β-unsaturated/α-hetero) is 1. The second kappa shape index (κ2) is 5.15. The first kappa shape index (κ1) is 15.3. The SMILES string of the molecule is C[C@]12CC[C@H]3[C@@H](CCC4=CC(=O)CC[C@@]43CI)[C@@H]1CCC2=O. The van der Waals surface area contributed by atoms with Crippen LogP contribution in [0.3, 0.4) is 0 Å². The topological polar surface area (TPSA) is 34.1 Å². The van der Waals surface area contributed by atoms with E-state index in [1.54, 1.807) is 0 Å². The van der Waals surface area contributed by atoms with Gasteiger partial charge in [0.25, 0.3) is 0 Å². The average Bonchev–Trinajstić information content (AvgIpc) is 2.82. The molecule has 5 atom stereocenters. The van der Waals surface area contributed by atoms with Crippen LogP contribution >= 0.6 is 22.6 Å². The number of halogens is 1. The van der Waals surface area contributed by atoms with Gasteiger partial charge in [-0.25, -0.2) is 0 Å². The van der Waals surface area contributed by atoms with E-state index >= 15 is 0 Å². The van der Waals surface area contributed by atoms with Crippen molar-refractivity contribution in [1.29, 1.82) is 0 Å². The highest BCUT2D eigenvalue weighted by Crippen LogP contribution is 2.64. The van der Waals surface area contributed by atoms with Gasteiger partial charge in [-0.05, 0) is 62.4 Å². The third kappa shape index (κ3) is 1.90. The van der Waals surface area contributed by atoms with Crippen LogP contribution in [0, 0.1) is 28.6 Å². The van der Waals surface area contributed by atoms with Gasteiger partial charge < -0.3 is 0 Å². The molecule has 120 valence electrons. The van der Waals surface area contributed by atoms with Crippen LogP contribution in [0.5, 0.6) is 0 Å². The summed E-state index contributed by atoms with van der Waals surface area (Å²) in [6, 6.07) is 0. The third-order valence-corrected chi connectivity index (χ3v) is 8.99. The molecule has 3 heteroatoms. The second-order valence-corrected chi connectivity index (χ2v) is 9.02. The second-order valence-electron chi connectivity index (χ2n) is 8.26. The molecule has 0 aromatic rings. The van der Waals surface area contributed by atoms with Crippen LogP contribution in [0.15, 0.2) is 11.6 Å². The Balaban J connectivity index is 1.73. The maximum Gasteiger partial charge on any atom is 0.155 e. The van der Waals surface area contributed by atoms with E-state index in [-0.39, 0.29) is 10.8 Å². The molecule has 2 nitrogen and oxygen atoms in total. The zero-order valence-corrected chi connectivity index (χ0v) is 15.5. The van der Waals surface area contributed by atoms with E-state index in [0.29, 0.717) is 29.3 Å². The maximum atomic E-state index is 12.4. The smallest absolute Gasteiger partial charge is 0.155 e. The van der Waals surface area contributed by atoms with E-state index in [0.717, 1.165) is 43.0 Å². The Morgan fingerprint density at radius 1 is 1.09 bits per heavy atom. The fraction of sp³-hybridized carbons (Fsp3) is 0.789. The largest absolute Gasteiger partial charge is 0.299 e. The molecule has 0 unspecified atom stereocenters. The number of hydrogen-bond acceptors (Lipinski definition) is 2. The summed E-state index contributed by atoms with van der Waals surface area (Å²) < 4.78 is 1.14. The Kier molecular flexibility index (Phi) is 3.59. The summed E-state index contributed by atoms with van der Waals surface area (Å²) in [5, 5.41) is 0. The van der Waals surface area contributed by atoms with E-state index in [2.05, 4.69) is 29.5 Å². The average molecular weight is 412 g/mol. The molecule has 0 heterocycles. The Labute approximate surface area is 146 Å². The summed E-state index contributed by atoms with van der Waals surface area (Å²) >= 11 is 2.56. The van der Waals surface area contributed by atoms with Gasteiger partial charge in [-0.15, -0.1) is 0 Å². The van der Waals surface area contributed by atoms with Crippen LogP contribution < -0.4 is 0 Å². The summed E-state index contributed by atoms with van der Waals surface area (Å²) in [5.74, 6) is 2.90. The van der Waals surface area contributed by atoms with Crippen molar-refractivity contribution in [3.8, 4) is 0 Å². The van der Waals surface area contributed by atoms with Crippen LogP contribution in [0.2, 0.25) is 0 Å². The molecule has 0 aliphatic heterocycles. The lowest BCUT2D eigenvalue weighted by molar-refractivity contribution is -0.132. The molecule has 3 saturated carbocycles. The van der Waals surface area contributed by atoms with Gasteiger partial charge in [-0.1, -0.05) is 35.1 Å². The standard InChI is InChI=1S/C19H25IO2/c1-18-8-7-16-14(15(18)4-5-17(18)22)3-2-12-10-13(21)6-9-19(12,16)11-20/h10,14-16H,2-9,11H2,1H3/t14-,15-,16-,18-,19+/m0/s1. The van der Waals surface area contributed by atoms with Gasteiger partial charge in [-0.3, -0.25) is 9.59 Å². The lowest BCUT2D eigenvalue weighted by Crippen LogP contribution is -2.52. The van der Waals surface area contributed by atoms with Gasteiger partial charge in [0, 0.05) is 28.1 Å². The van der Waals surface area contributed by atoms with Crippen molar-refractivity contribution >= 4 is 34.2 Å². The van der Waals surface area contributed by atoms with Gasteiger partial charge in [0.05, 0.1) is 0 Å². The number of hydrogen-bond donors (Lipinski definition) is 0. The molecule has 0 spiro atoms. The van der Waals surface area contributed by atoms with Crippen molar-refractivity contribution in [3.63, 3.8) is 0 Å². The van der Waals surface area contributed by atoms with Crippen molar-refractivity contribution in [3.05, 3.63) is 11.6 Å². The van der Waals surface area contributed by atoms with Crippen molar-refractivity contribution in [1.82, 2.24) is 0 Å². The number of ketones is 2. The highest BCUT2D eigenvalue weighted by molar-refractivity contribution is 14.1. The number of allylic oxidation sites excluding steroid dienone is 1. The summed E-state index contributed by atoms with van der Waals surface area (Å²) in [6.07, 6.45) is 10.3. The molecule has 0 saturated heterocycles. The molecule has 0 N–H and O–H groups in total. The Morgan fingerprint density at radius 3 is 2.68 bits per heavy atom. The number of carbonyl (C=O) groups is 2. The van der Waals surface area contributed by atoms with Crippen molar-refractivity contribution in [2.75, 3.05) is 4.43 Å². The van der Waals surface area contributed by atoms with E-state index in [9.17, 15) is 9.59 Å². The minimum atomic E-state index is -0.0284. The Bertz CT molecular complexity index is 566. The molecule has 0 amide bonds. The molecule has 0 aromatic carbocycles. The number of fused-ring (bicyclic) bond motifs is 5. The molecule has 0 aromatic heterocycles. The molecular weight excluding hydrogens is 387 g/mol. The molecule has 4 rings (SSSR count). The number of carbonyl (C=O) groups excluding carboxylic acids is 2. The van der Waals surface area contributed by atoms with Crippen molar-refractivity contribution in [2.24, 2.45) is 28.6 Å². The Hall–Kier alpha value is -0.190. The summed E-state index contributed by atoms with van der Waals surface area (Å²) in [7, 11) is 0. The molecule has 0 bridgehead atoms. The lowest BCUT2D eigenvalue weighted by atomic mass is 9.47.